The number of nitriles is 1. The van der Waals surface area contributed by atoms with Crippen LogP contribution < -0.4 is 0 Å². The maximum absolute atomic E-state index is 11.5. The van der Waals surface area contributed by atoms with Gasteiger partial charge in [-0.15, -0.1) is 0 Å². The molecule has 2 fully saturated rings. The van der Waals surface area contributed by atoms with E-state index in [0.29, 0.717) is 19.0 Å². The molecule has 1 atom stereocenters. The molecule has 1 aliphatic carbocycles. The summed E-state index contributed by atoms with van der Waals surface area (Å²) >= 11 is 0. The van der Waals surface area contributed by atoms with Gasteiger partial charge in [0.15, 0.2) is 0 Å². The van der Waals surface area contributed by atoms with Crippen molar-refractivity contribution in [3.05, 3.63) is 0 Å². The first-order chi connectivity index (χ1) is 7.95. The average molecular weight is 256 g/mol. The predicted octanol–water partition coefficient (Wildman–Crippen LogP) is 1.74. The monoisotopic (exact) mass is 256 g/mol. The number of rotatable bonds is 3. The van der Waals surface area contributed by atoms with E-state index in [1.54, 1.807) is 4.31 Å². The van der Waals surface area contributed by atoms with Crippen LogP contribution in [-0.2, 0) is 10.0 Å². The van der Waals surface area contributed by atoms with Crippen molar-refractivity contribution in [2.75, 3.05) is 19.3 Å². The molecule has 2 aliphatic rings. The fraction of sp³-hybridized carbons (Fsp3) is 0.917. The molecule has 1 aliphatic heterocycles. The van der Waals surface area contributed by atoms with Crippen molar-refractivity contribution >= 4 is 10.0 Å². The Balaban J connectivity index is 1.97. The van der Waals surface area contributed by atoms with E-state index < -0.39 is 10.0 Å². The highest BCUT2D eigenvalue weighted by molar-refractivity contribution is 7.88. The Hall–Kier alpha value is -0.600. The fourth-order valence-electron chi connectivity index (χ4n) is 3.01. The molecule has 1 saturated heterocycles. The molecule has 0 spiro atoms. The molecular formula is C12H20N2O2S. The summed E-state index contributed by atoms with van der Waals surface area (Å²) in [6.07, 6.45) is 7.30. The van der Waals surface area contributed by atoms with Crippen LogP contribution in [0.3, 0.4) is 0 Å². The van der Waals surface area contributed by atoms with Crippen LogP contribution in [-0.4, -0.2) is 32.1 Å². The van der Waals surface area contributed by atoms with Gasteiger partial charge >= 0.3 is 0 Å². The van der Waals surface area contributed by atoms with E-state index in [1.165, 1.54) is 6.26 Å². The molecule has 0 aromatic rings. The van der Waals surface area contributed by atoms with Gasteiger partial charge in [0.1, 0.15) is 0 Å². The molecule has 0 N–H and O–H groups in total. The standard InChI is InChI=1S/C12H20N2O2S/c1-17(15,16)14-7-2-4-11(9-14)8-12(10-13)5-3-6-12/h11H,2-9H2,1H3. The smallest absolute Gasteiger partial charge is 0.211 e. The van der Waals surface area contributed by atoms with Crippen molar-refractivity contribution in [2.24, 2.45) is 11.3 Å². The van der Waals surface area contributed by atoms with Gasteiger partial charge in [-0.1, -0.05) is 6.42 Å². The molecule has 2 rings (SSSR count). The zero-order valence-electron chi connectivity index (χ0n) is 10.4. The summed E-state index contributed by atoms with van der Waals surface area (Å²) in [5.74, 6) is 0.374. The lowest BCUT2D eigenvalue weighted by atomic mass is 9.64. The molecule has 5 heteroatoms. The summed E-state index contributed by atoms with van der Waals surface area (Å²) in [5, 5.41) is 9.21. The van der Waals surface area contributed by atoms with Crippen LogP contribution in [0.1, 0.15) is 38.5 Å². The van der Waals surface area contributed by atoms with Gasteiger partial charge < -0.3 is 0 Å². The lowest BCUT2D eigenvalue weighted by molar-refractivity contribution is 0.132. The molecule has 17 heavy (non-hydrogen) atoms. The summed E-state index contributed by atoms with van der Waals surface area (Å²) < 4.78 is 24.6. The van der Waals surface area contributed by atoms with Crippen molar-refractivity contribution in [3.63, 3.8) is 0 Å². The van der Waals surface area contributed by atoms with Crippen LogP contribution in [0.15, 0.2) is 0 Å². The third kappa shape index (κ3) is 2.80. The first-order valence-electron chi connectivity index (χ1n) is 6.32. The van der Waals surface area contributed by atoms with Crippen LogP contribution >= 0.6 is 0 Å². The van der Waals surface area contributed by atoms with E-state index in [-0.39, 0.29) is 5.41 Å². The second-order valence-corrected chi connectivity index (χ2v) is 7.56. The molecule has 4 nitrogen and oxygen atoms in total. The van der Waals surface area contributed by atoms with Crippen LogP contribution in [0.5, 0.6) is 0 Å². The minimum Gasteiger partial charge on any atom is -0.213 e. The van der Waals surface area contributed by atoms with Crippen molar-refractivity contribution in [3.8, 4) is 6.07 Å². The fourth-order valence-corrected chi connectivity index (χ4v) is 3.95. The second-order valence-electron chi connectivity index (χ2n) is 5.58. The highest BCUT2D eigenvalue weighted by Gasteiger charge is 2.40. The number of sulfonamides is 1. The molecule has 96 valence electrons. The van der Waals surface area contributed by atoms with Crippen LogP contribution in [0.25, 0.3) is 0 Å². The van der Waals surface area contributed by atoms with E-state index >= 15 is 0 Å². The van der Waals surface area contributed by atoms with Gasteiger partial charge in [-0.3, -0.25) is 0 Å². The largest absolute Gasteiger partial charge is 0.213 e. The number of piperidine rings is 1. The topological polar surface area (TPSA) is 61.2 Å². The summed E-state index contributed by atoms with van der Waals surface area (Å²) in [5.41, 5.74) is -0.134. The maximum atomic E-state index is 11.5. The Morgan fingerprint density at radius 2 is 2.12 bits per heavy atom. The highest BCUT2D eigenvalue weighted by atomic mass is 32.2. The third-order valence-corrected chi connectivity index (χ3v) is 5.45. The lowest BCUT2D eigenvalue weighted by Gasteiger charge is -2.40. The number of hydrogen-bond donors (Lipinski definition) is 0. The van der Waals surface area contributed by atoms with Crippen molar-refractivity contribution in [1.29, 1.82) is 5.26 Å². The zero-order chi connectivity index (χ0) is 12.5. The summed E-state index contributed by atoms with van der Waals surface area (Å²) in [4.78, 5) is 0. The van der Waals surface area contributed by atoms with Gasteiger partial charge in [-0.05, 0) is 38.0 Å². The van der Waals surface area contributed by atoms with Crippen molar-refractivity contribution in [2.45, 2.75) is 38.5 Å². The van der Waals surface area contributed by atoms with E-state index in [0.717, 1.165) is 38.5 Å². The normalized spacial score (nSPS) is 29.3. The van der Waals surface area contributed by atoms with Gasteiger partial charge in [-0.25, -0.2) is 12.7 Å². The van der Waals surface area contributed by atoms with E-state index in [1.807, 2.05) is 0 Å². The Kier molecular flexibility index (Phi) is 3.46. The Morgan fingerprint density at radius 1 is 1.41 bits per heavy atom. The molecule has 0 aromatic heterocycles. The molecule has 0 amide bonds. The van der Waals surface area contributed by atoms with E-state index in [4.69, 9.17) is 0 Å². The molecule has 0 aromatic carbocycles. The summed E-state index contributed by atoms with van der Waals surface area (Å²) in [7, 11) is -3.06. The average Bonchev–Trinajstić information content (AvgIpc) is 2.23. The maximum Gasteiger partial charge on any atom is 0.211 e. The number of nitrogens with zero attached hydrogens (tertiary/aromatic N) is 2. The molecule has 1 heterocycles. The van der Waals surface area contributed by atoms with Crippen LogP contribution in [0, 0.1) is 22.7 Å². The lowest BCUT2D eigenvalue weighted by Crippen LogP contribution is -2.42. The molecule has 1 saturated carbocycles. The van der Waals surface area contributed by atoms with Gasteiger partial charge in [0, 0.05) is 13.1 Å². The van der Waals surface area contributed by atoms with E-state index in [2.05, 4.69) is 6.07 Å². The van der Waals surface area contributed by atoms with Crippen LogP contribution in [0.2, 0.25) is 0 Å². The summed E-state index contributed by atoms with van der Waals surface area (Å²) in [6.45, 7) is 1.26. The molecule has 1 unspecified atom stereocenters. The first-order valence-corrected chi connectivity index (χ1v) is 8.16. The second kappa shape index (κ2) is 4.58. The Bertz CT molecular complexity index is 420. The molecular weight excluding hydrogens is 236 g/mol. The molecule has 0 bridgehead atoms. The minimum absolute atomic E-state index is 0.134. The molecule has 0 radical (unpaired) electrons. The highest BCUT2D eigenvalue weighted by Crippen LogP contribution is 2.46. The Morgan fingerprint density at radius 3 is 2.59 bits per heavy atom. The van der Waals surface area contributed by atoms with Crippen LogP contribution in [0.4, 0.5) is 0 Å². The van der Waals surface area contributed by atoms with Crippen molar-refractivity contribution < 1.29 is 8.42 Å². The third-order valence-electron chi connectivity index (χ3n) is 4.18. The van der Waals surface area contributed by atoms with Crippen molar-refractivity contribution in [1.82, 2.24) is 4.31 Å². The quantitative estimate of drug-likeness (QED) is 0.772. The van der Waals surface area contributed by atoms with Gasteiger partial charge in [0.25, 0.3) is 0 Å². The summed E-state index contributed by atoms with van der Waals surface area (Å²) in [6, 6.07) is 2.45. The van der Waals surface area contributed by atoms with Gasteiger partial charge in [0.05, 0.1) is 17.7 Å². The minimum atomic E-state index is -3.06. The Labute approximate surface area is 104 Å². The SMILES string of the molecule is CS(=O)(=O)N1CCCC(CC2(C#N)CCC2)C1. The van der Waals surface area contributed by atoms with Gasteiger partial charge in [0.2, 0.25) is 10.0 Å². The van der Waals surface area contributed by atoms with E-state index in [9.17, 15) is 13.7 Å². The first kappa shape index (κ1) is 12.8. The van der Waals surface area contributed by atoms with Gasteiger partial charge in [-0.2, -0.15) is 5.26 Å². The number of hydrogen-bond acceptors (Lipinski definition) is 3. The predicted molar refractivity (Wildman–Crippen MR) is 65.7 cm³/mol. The zero-order valence-corrected chi connectivity index (χ0v) is 11.2.